The van der Waals surface area contributed by atoms with Crippen LogP contribution in [0.4, 0.5) is 10.1 Å². The highest BCUT2D eigenvalue weighted by Crippen LogP contribution is 2.21. The summed E-state index contributed by atoms with van der Waals surface area (Å²) in [7, 11) is 1.59. The van der Waals surface area contributed by atoms with Gasteiger partial charge in [0.05, 0.1) is 10.8 Å². The molecule has 0 N–H and O–H groups in total. The highest BCUT2D eigenvalue weighted by molar-refractivity contribution is 7.81. The third kappa shape index (κ3) is 2.39. The third-order valence-corrected chi connectivity index (χ3v) is 2.36. The number of benzene rings is 1. The fourth-order valence-electron chi connectivity index (χ4n) is 0.944. The van der Waals surface area contributed by atoms with E-state index < -0.39 is 5.82 Å². The summed E-state index contributed by atoms with van der Waals surface area (Å²) in [6, 6.07) is 4.11. The van der Waals surface area contributed by atoms with Crippen molar-refractivity contribution in [2.75, 3.05) is 17.7 Å². The van der Waals surface area contributed by atoms with Crippen LogP contribution < -0.4 is 4.90 Å². The van der Waals surface area contributed by atoms with E-state index in [2.05, 4.69) is 12.6 Å². The molecule has 0 aliphatic carbocycles. The molecule has 0 aliphatic heterocycles. The molecule has 0 radical (unpaired) electrons. The Morgan fingerprint density at radius 3 is 2.79 bits per heavy atom. The molecular formula is C9H9ClFNOS. The number of thiol groups is 1. The van der Waals surface area contributed by atoms with Gasteiger partial charge in [0.1, 0.15) is 5.82 Å². The van der Waals surface area contributed by atoms with Crippen LogP contribution in [0.15, 0.2) is 18.2 Å². The first kappa shape index (κ1) is 11.3. The van der Waals surface area contributed by atoms with Gasteiger partial charge < -0.3 is 4.90 Å². The van der Waals surface area contributed by atoms with Crippen molar-refractivity contribution in [3.05, 3.63) is 29.0 Å². The van der Waals surface area contributed by atoms with E-state index in [4.69, 9.17) is 11.6 Å². The van der Waals surface area contributed by atoms with Gasteiger partial charge in [0.15, 0.2) is 0 Å². The maximum atomic E-state index is 12.8. The molecule has 76 valence electrons. The highest BCUT2D eigenvalue weighted by Gasteiger charge is 2.10. The minimum Gasteiger partial charge on any atom is -0.315 e. The van der Waals surface area contributed by atoms with E-state index >= 15 is 0 Å². The van der Waals surface area contributed by atoms with Crippen molar-refractivity contribution >= 4 is 35.8 Å². The van der Waals surface area contributed by atoms with Crippen LogP contribution in [0, 0.1) is 5.82 Å². The lowest BCUT2D eigenvalue weighted by Crippen LogP contribution is -2.27. The van der Waals surface area contributed by atoms with Gasteiger partial charge in [-0.3, -0.25) is 4.79 Å². The normalized spacial score (nSPS) is 10.0. The van der Waals surface area contributed by atoms with Gasteiger partial charge in [0.25, 0.3) is 0 Å². The monoisotopic (exact) mass is 233 g/mol. The molecule has 0 saturated carbocycles. The second kappa shape index (κ2) is 4.66. The van der Waals surface area contributed by atoms with Gasteiger partial charge in [0.2, 0.25) is 5.91 Å². The fourth-order valence-corrected chi connectivity index (χ4v) is 1.33. The standard InChI is InChI=1S/C9H9ClFNOS/c1-12(9(13)5-14)6-2-3-8(11)7(10)4-6/h2-4,14H,5H2,1H3. The number of hydrogen-bond acceptors (Lipinski definition) is 2. The van der Waals surface area contributed by atoms with Crippen molar-refractivity contribution in [1.82, 2.24) is 0 Å². The minimum atomic E-state index is -0.498. The molecule has 5 heteroatoms. The Bertz CT molecular complexity index is 359. The average Bonchev–Trinajstić information content (AvgIpc) is 2.20. The number of nitrogens with zero attached hydrogens (tertiary/aromatic N) is 1. The number of amides is 1. The van der Waals surface area contributed by atoms with E-state index in [1.807, 2.05) is 0 Å². The number of rotatable bonds is 2. The van der Waals surface area contributed by atoms with E-state index in [0.717, 1.165) is 0 Å². The highest BCUT2D eigenvalue weighted by atomic mass is 35.5. The van der Waals surface area contributed by atoms with E-state index in [9.17, 15) is 9.18 Å². The Kier molecular flexibility index (Phi) is 3.77. The van der Waals surface area contributed by atoms with Crippen LogP contribution in [-0.2, 0) is 4.79 Å². The summed E-state index contributed by atoms with van der Waals surface area (Å²) in [5, 5.41) is 0.00122. The maximum Gasteiger partial charge on any atom is 0.236 e. The lowest BCUT2D eigenvalue weighted by atomic mass is 10.3. The number of halogens is 2. The van der Waals surface area contributed by atoms with Crippen LogP contribution in [0.2, 0.25) is 5.02 Å². The van der Waals surface area contributed by atoms with Gasteiger partial charge >= 0.3 is 0 Å². The fraction of sp³-hybridized carbons (Fsp3) is 0.222. The Balaban J connectivity index is 2.96. The summed E-state index contributed by atoms with van der Waals surface area (Å²) in [4.78, 5) is 12.6. The number of carbonyl (C=O) groups excluding carboxylic acids is 1. The minimum absolute atomic E-state index is 0.00122. The zero-order valence-electron chi connectivity index (χ0n) is 7.50. The van der Waals surface area contributed by atoms with E-state index in [1.165, 1.54) is 23.1 Å². The first-order valence-electron chi connectivity index (χ1n) is 3.88. The Hall–Kier alpha value is -0.740. The van der Waals surface area contributed by atoms with Crippen molar-refractivity contribution in [3.8, 4) is 0 Å². The summed E-state index contributed by atoms with van der Waals surface area (Å²) >= 11 is 9.43. The zero-order valence-corrected chi connectivity index (χ0v) is 9.15. The summed E-state index contributed by atoms with van der Waals surface area (Å²) in [5.41, 5.74) is 0.551. The predicted molar refractivity (Wildman–Crippen MR) is 58.7 cm³/mol. The molecule has 1 aromatic carbocycles. The molecule has 0 atom stereocenters. The molecule has 14 heavy (non-hydrogen) atoms. The Labute approximate surface area is 92.1 Å². The van der Waals surface area contributed by atoms with Crippen LogP contribution in [0.1, 0.15) is 0 Å². The van der Waals surface area contributed by atoms with Gasteiger partial charge in [-0.05, 0) is 18.2 Å². The molecule has 1 aromatic rings. The molecule has 0 unspecified atom stereocenters. The molecule has 0 heterocycles. The molecular weight excluding hydrogens is 225 g/mol. The van der Waals surface area contributed by atoms with Gasteiger partial charge in [-0.15, -0.1) is 0 Å². The Morgan fingerprint density at radius 2 is 2.29 bits per heavy atom. The maximum absolute atomic E-state index is 12.8. The average molecular weight is 234 g/mol. The van der Waals surface area contributed by atoms with E-state index in [1.54, 1.807) is 7.05 Å². The van der Waals surface area contributed by atoms with Crippen molar-refractivity contribution in [2.24, 2.45) is 0 Å². The largest absolute Gasteiger partial charge is 0.315 e. The smallest absolute Gasteiger partial charge is 0.236 e. The third-order valence-electron chi connectivity index (χ3n) is 1.80. The Morgan fingerprint density at radius 1 is 1.64 bits per heavy atom. The van der Waals surface area contributed by atoms with Gasteiger partial charge in [0, 0.05) is 12.7 Å². The van der Waals surface area contributed by atoms with E-state index in [-0.39, 0.29) is 16.7 Å². The summed E-state index contributed by atoms with van der Waals surface area (Å²) < 4.78 is 12.8. The van der Waals surface area contributed by atoms with Crippen molar-refractivity contribution < 1.29 is 9.18 Å². The lowest BCUT2D eigenvalue weighted by Gasteiger charge is -2.16. The second-order valence-corrected chi connectivity index (χ2v) is 3.43. The number of carbonyl (C=O) groups is 1. The van der Waals surface area contributed by atoms with Crippen LogP contribution in [-0.4, -0.2) is 18.7 Å². The van der Waals surface area contributed by atoms with Gasteiger partial charge in [-0.2, -0.15) is 12.6 Å². The van der Waals surface area contributed by atoms with Crippen LogP contribution in [0.5, 0.6) is 0 Å². The molecule has 0 saturated heterocycles. The lowest BCUT2D eigenvalue weighted by molar-refractivity contribution is -0.115. The SMILES string of the molecule is CN(C(=O)CS)c1ccc(F)c(Cl)c1. The summed E-state index contributed by atoms with van der Waals surface area (Å²) in [6.07, 6.45) is 0. The molecule has 1 amide bonds. The van der Waals surface area contributed by atoms with Crippen molar-refractivity contribution in [3.63, 3.8) is 0 Å². The molecule has 2 nitrogen and oxygen atoms in total. The second-order valence-electron chi connectivity index (χ2n) is 2.71. The zero-order chi connectivity index (χ0) is 10.7. The first-order valence-corrected chi connectivity index (χ1v) is 4.89. The van der Waals surface area contributed by atoms with Crippen molar-refractivity contribution in [1.29, 1.82) is 0 Å². The van der Waals surface area contributed by atoms with Crippen LogP contribution >= 0.6 is 24.2 Å². The molecule has 0 fully saturated rings. The van der Waals surface area contributed by atoms with Crippen LogP contribution in [0.25, 0.3) is 0 Å². The molecule has 0 aliphatic rings. The van der Waals surface area contributed by atoms with Gasteiger partial charge in [-0.25, -0.2) is 4.39 Å². The van der Waals surface area contributed by atoms with Crippen LogP contribution in [0.3, 0.4) is 0 Å². The van der Waals surface area contributed by atoms with Crippen molar-refractivity contribution in [2.45, 2.75) is 0 Å². The van der Waals surface area contributed by atoms with Gasteiger partial charge in [-0.1, -0.05) is 11.6 Å². The van der Waals surface area contributed by atoms with E-state index in [0.29, 0.717) is 5.69 Å². The molecule has 0 aromatic heterocycles. The summed E-state index contributed by atoms with van der Waals surface area (Å²) in [5.74, 6) is -0.566. The number of hydrogen-bond donors (Lipinski definition) is 1. The molecule has 0 spiro atoms. The summed E-state index contributed by atoms with van der Waals surface area (Å²) in [6.45, 7) is 0. The molecule has 0 bridgehead atoms. The number of anilines is 1. The quantitative estimate of drug-likeness (QED) is 0.778. The molecule has 1 rings (SSSR count). The first-order chi connectivity index (χ1) is 6.56. The predicted octanol–water partition coefficient (Wildman–Crippen LogP) is 2.37. The topological polar surface area (TPSA) is 20.3 Å².